The fourth-order valence-electron chi connectivity index (χ4n) is 5.02. The summed E-state index contributed by atoms with van der Waals surface area (Å²) in [5.41, 5.74) is 4.96. The van der Waals surface area contributed by atoms with E-state index in [1.165, 1.54) is 6.07 Å². The summed E-state index contributed by atoms with van der Waals surface area (Å²) < 4.78 is 43.5. The Labute approximate surface area is 188 Å². The molecule has 0 radical (unpaired) electrons. The van der Waals surface area contributed by atoms with Gasteiger partial charge in [-0.15, -0.1) is 0 Å². The van der Waals surface area contributed by atoms with E-state index in [9.17, 15) is 12.8 Å². The first kappa shape index (κ1) is 20.8. The maximum atomic E-state index is 14.5. The van der Waals surface area contributed by atoms with Crippen molar-refractivity contribution in [2.24, 2.45) is 5.92 Å². The molecule has 0 amide bonds. The van der Waals surface area contributed by atoms with Crippen LogP contribution in [0.1, 0.15) is 40.6 Å². The fraction of sp³-hybridized carbons (Fsp3) is 0.231. The van der Waals surface area contributed by atoms with E-state index in [0.29, 0.717) is 11.3 Å². The molecule has 32 heavy (non-hydrogen) atoms. The molecule has 0 aromatic heterocycles. The summed E-state index contributed by atoms with van der Waals surface area (Å²) in [5.74, 6) is -0.0621. The lowest BCUT2D eigenvalue weighted by atomic mass is 9.77. The first-order valence-corrected chi connectivity index (χ1v) is 12.2. The zero-order chi connectivity index (χ0) is 22.5. The van der Waals surface area contributed by atoms with Crippen molar-refractivity contribution < 1.29 is 12.8 Å². The third-order valence-electron chi connectivity index (χ3n) is 6.36. The van der Waals surface area contributed by atoms with Crippen molar-refractivity contribution >= 4 is 21.4 Å². The molecule has 1 aliphatic carbocycles. The number of sulfonamides is 1. The lowest BCUT2D eigenvalue weighted by molar-refractivity contribution is 0.413. The van der Waals surface area contributed by atoms with Gasteiger partial charge in [-0.25, -0.2) is 12.8 Å². The van der Waals surface area contributed by atoms with E-state index in [1.54, 1.807) is 24.3 Å². The standard InChI is InChI=1S/C26H25FN2O2S/c1-16-12-17(2)14-18(13-16)29-32(30,31)19-10-11-25-23(15-19)20-7-5-8-21(20)26(28-25)22-6-3-4-9-24(22)27/h3-7,9-15,20-21,26,28-29H,8H2,1-2H3/t20-,21+,26-/m0/s1. The Morgan fingerprint density at radius 3 is 2.47 bits per heavy atom. The summed E-state index contributed by atoms with van der Waals surface area (Å²) in [6.45, 7) is 3.88. The number of halogens is 1. The Hall–Kier alpha value is -3.12. The number of hydrogen-bond acceptors (Lipinski definition) is 3. The molecule has 2 aliphatic rings. The van der Waals surface area contributed by atoms with E-state index in [2.05, 4.69) is 22.2 Å². The van der Waals surface area contributed by atoms with E-state index >= 15 is 0 Å². The number of allylic oxidation sites excluding steroid dienone is 2. The van der Waals surface area contributed by atoms with Crippen molar-refractivity contribution in [3.63, 3.8) is 0 Å². The molecule has 0 saturated carbocycles. The largest absolute Gasteiger partial charge is 0.378 e. The molecule has 0 fully saturated rings. The molecule has 1 aliphatic heterocycles. The number of hydrogen-bond donors (Lipinski definition) is 2. The molecule has 3 aromatic carbocycles. The minimum atomic E-state index is -3.74. The van der Waals surface area contributed by atoms with Crippen LogP contribution in [0.2, 0.25) is 0 Å². The SMILES string of the molecule is Cc1cc(C)cc(NS(=O)(=O)c2ccc3c(c2)[C@H]2C=CC[C@H]2[C@@H](c2ccccc2F)N3)c1. The molecule has 0 saturated heterocycles. The van der Waals surface area contributed by atoms with Crippen LogP contribution in [0, 0.1) is 25.6 Å². The Morgan fingerprint density at radius 2 is 1.72 bits per heavy atom. The summed E-state index contributed by atoms with van der Waals surface area (Å²) in [6, 6.07) is 17.5. The summed E-state index contributed by atoms with van der Waals surface area (Å²) >= 11 is 0. The Bertz CT molecular complexity index is 1310. The number of fused-ring (bicyclic) bond motifs is 3. The maximum Gasteiger partial charge on any atom is 0.261 e. The van der Waals surface area contributed by atoms with Crippen molar-refractivity contribution in [3.05, 3.63) is 101 Å². The lowest BCUT2D eigenvalue weighted by Crippen LogP contribution is -2.30. The lowest BCUT2D eigenvalue weighted by Gasteiger charge is -2.37. The monoisotopic (exact) mass is 448 g/mol. The molecule has 0 spiro atoms. The predicted molar refractivity (Wildman–Crippen MR) is 126 cm³/mol. The highest BCUT2D eigenvalue weighted by molar-refractivity contribution is 7.92. The van der Waals surface area contributed by atoms with Crippen LogP contribution in [0.5, 0.6) is 0 Å². The Kier molecular flexibility index (Phi) is 5.05. The average molecular weight is 449 g/mol. The van der Waals surface area contributed by atoms with Gasteiger partial charge in [0.05, 0.1) is 10.9 Å². The summed E-state index contributed by atoms with van der Waals surface area (Å²) in [4.78, 5) is 0.223. The van der Waals surface area contributed by atoms with Gasteiger partial charge in [-0.2, -0.15) is 0 Å². The van der Waals surface area contributed by atoms with Crippen LogP contribution >= 0.6 is 0 Å². The van der Waals surface area contributed by atoms with Gasteiger partial charge in [0.1, 0.15) is 5.82 Å². The third kappa shape index (κ3) is 3.69. The molecule has 6 heteroatoms. The zero-order valence-electron chi connectivity index (χ0n) is 18.0. The Morgan fingerprint density at radius 1 is 0.969 bits per heavy atom. The topological polar surface area (TPSA) is 58.2 Å². The quantitative estimate of drug-likeness (QED) is 0.476. The number of benzene rings is 3. The first-order valence-electron chi connectivity index (χ1n) is 10.7. The molecular formula is C26H25FN2O2S. The molecule has 0 bridgehead atoms. The molecule has 3 aromatic rings. The number of aryl methyl sites for hydroxylation is 2. The zero-order valence-corrected chi connectivity index (χ0v) is 18.8. The second kappa shape index (κ2) is 7.78. The van der Waals surface area contributed by atoms with Crippen LogP contribution in [0.3, 0.4) is 0 Å². The van der Waals surface area contributed by atoms with Gasteiger partial charge in [-0.1, -0.05) is 36.4 Å². The second-order valence-electron chi connectivity index (χ2n) is 8.73. The van der Waals surface area contributed by atoms with Gasteiger partial charge in [0.2, 0.25) is 0 Å². The van der Waals surface area contributed by atoms with Gasteiger partial charge in [-0.3, -0.25) is 4.72 Å². The summed E-state index contributed by atoms with van der Waals surface area (Å²) in [5, 5.41) is 3.47. The van der Waals surface area contributed by atoms with Gasteiger partial charge in [-0.05, 0) is 79.3 Å². The van der Waals surface area contributed by atoms with Crippen LogP contribution in [0.15, 0.2) is 77.7 Å². The van der Waals surface area contributed by atoms with E-state index in [4.69, 9.17) is 0 Å². The van der Waals surface area contributed by atoms with E-state index in [0.717, 1.165) is 28.8 Å². The molecule has 0 unspecified atom stereocenters. The van der Waals surface area contributed by atoms with Gasteiger partial charge < -0.3 is 5.32 Å². The number of rotatable bonds is 4. The number of anilines is 2. The van der Waals surface area contributed by atoms with Gasteiger partial charge in [0, 0.05) is 22.9 Å². The normalized spacial score (nSPS) is 21.5. The van der Waals surface area contributed by atoms with Crippen LogP contribution in [0.4, 0.5) is 15.8 Å². The van der Waals surface area contributed by atoms with Crippen LogP contribution in [-0.2, 0) is 10.0 Å². The molecular weight excluding hydrogens is 423 g/mol. The predicted octanol–water partition coefficient (Wildman–Crippen LogP) is 6.07. The highest BCUT2D eigenvalue weighted by atomic mass is 32.2. The fourth-order valence-corrected chi connectivity index (χ4v) is 6.10. The van der Waals surface area contributed by atoms with E-state index in [1.807, 2.05) is 44.2 Å². The van der Waals surface area contributed by atoms with Crippen LogP contribution in [-0.4, -0.2) is 8.42 Å². The van der Waals surface area contributed by atoms with Crippen LogP contribution in [0.25, 0.3) is 0 Å². The average Bonchev–Trinajstić information content (AvgIpc) is 3.22. The van der Waals surface area contributed by atoms with Crippen molar-refractivity contribution in [3.8, 4) is 0 Å². The van der Waals surface area contributed by atoms with E-state index < -0.39 is 10.0 Å². The van der Waals surface area contributed by atoms with Crippen molar-refractivity contribution in [1.29, 1.82) is 0 Å². The van der Waals surface area contributed by atoms with Crippen molar-refractivity contribution in [2.45, 2.75) is 37.1 Å². The van der Waals surface area contributed by atoms with Crippen LogP contribution < -0.4 is 10.0 Å². The van der Waals surface area contributed by atoms with Crippen molar-refractivity contribution in [1.82, 2.24) is 0 Å². The van der Waals surface area contributed by atoms with Crippen molar-refractivity contribution in [2.75, 3.05) is 10.0 Å². The Balaban J connectivity index is 1.50. The summed E-state index contributed by atoms with van der Waals surface area (Å²) in [7, 11) is -3.74. The van der Waals surface area contributed by atoms with E-state index in [-0.39, 0.29) is 28.6 Å². The minimum absolute atomic E-state index is 0.0345. The highest BCUT2D eigenvalue weighted by Gasteiger charge is 2.39. The first-order chi connectivity index (χ1) is 15.3. The molecule has 3 atom stereocenters. The van der Waals surface area contributed by atoms with Gasteiger partial charge in [0.25, 0.3) is 10.0 Å². The maximum absolute atomic E-state index is 14.5. The number of nitrogens with one attached hydrogen (secondary N) is 2. The molecule has 1 heterocycles. The molecule has 4 nitrogen and oxygen atoms in total. The van der Waals surface area contributed by atoms with Gasteiger partial charge in [0.15, 0.2) is 0 Å². The smallest absolute Gasteiger partial charge is 0.261 e. The summed E-state index contributed by atoms with van der Waals surface area (Å²) in [6.07, 6.45) is 5.04. The minimum Gasteiger partial charge on any atom is -0.378 e. The second-order valence-corrected chi connectivity index (χ2v) is 10.4. The molecule has 2 N–H and O–H groups in total. The van der Waals surface area contributed by atoms with Gasteiger partial charge >= 0.3 is 0 Å². The highest BCUT2D eigenvalue weighted by Crippen LogP contribution is 2.50. The molecule has 164 valence electrons. The molecule has 5 rings (SSSR count). The third-order valence-corrected chi connectivity index (χ3v) is 7.74.